The molecule has 1 nitrogen and oxygen atoms in total. The third kappa shape index (κ3) is 2.43. The first-order chi connectivity index (χ1) is 6.75. The first-order valence-electron chi connectivity index (χ1n) is 4.87. The van der Waals surface area contributed by atoms with Crippen molar-refractivity contribution < 1.29 is 4.74 Å². The standard InChI is InChI=1S/C11H12BrClO/c12-10-6-5-9(7-11(10)13)14-8-3-1-2-4-8/h5-8H,1-4H2. The lowest BCUT2D eigenvalue weighted by Gasteiger charge is -2.13. The van der Waals surface area contributed by atoms with Gasteiger partial charge in [0, 0.05) is 4.47 Å². The Hall–Kier alpha value is -0.210. The predicted octanol–water partition coefficient (Wildman–Crippen LogP) is 4.42. The highest BCUT2D eigenvalue weighted by Crippen LogP contribution is 2.29. The maximum Gasteiger partial charge on any atom is 0.121 e. The fourth-order valence-electron chi connectivity index (χ4n) is 1.75. The molecule has 76 valence electrons. The predicted molar refractivity (Wildman–Crippen MR) is 62.0 cm³/mol. The molecule has 0 aromatic heterocycles. The summed E-state index contributed by atoms with van der Waals surface area (Å²) < 4.78 is 6.72. The van der Waals surface area contributed by atoms with Crippen molar-refractivity contribution in [3.63, 3.8) is 0 Å². The fourth-order valence-corrected chi connectivity index (χ4v) is 2.17. The largest absolute Gasteiger partial charge is 0.490 e. The van der Waals surface area contributed by atoms with E-state index in [0.29, 0.717) is 11.1 Å². The summed E-state index contributed by atoms with van der Waals surface area (Å²) in [4.78, 5) is 0. The highest BCUT2D eigenvalue weighted by Gasteiger charge is 2.16. The molecule has 1 aromatic rings. The van der Waals surface area contributed by atoms with Crippen LogP contribution in [0.15, 0.2) is 22.7 Å². The van der Waals surface area contributed by atoms with E-state index < -0.39 is 0 Å². The van der Waals surface area contributed by atoms with Crippen molar-refractivity contribution >= 4 is 27.5 Å². The smallest absolute Gasteiger partial charge is 0.121 e. The van der Waals surface area contributed by atoms with E-state index in [1.165, 1.54) is 25.7 Å². The zero-order chi connectivity index (χ0) is 9.97. The quantitative estimate of drug-likeness (QED) is 0.776. The third-order valence-corrected chi connectivity index (χ3v) is 3.73. The Kier molecular flexibility index (Phi) is 3.34. The minimum absolute atomic E-state index is 0.396. The van der Waals surface area contributed by atoms with Gasteiger partial charge >= 0.3 is 0 Å². The summed E-state index contributed by atoms with van der Waals surface area (Å²) >= 11 is 9.33. The second-order valence-electron chi connectivity index (χ2n) is 3.60. The molecule has 0 aliphatic heterocycles. The summed E-state index contributed by atoms with van der Waals surface area (Å²) in [5.74, 6) is 0.880. The molecule has 0 spiro atoms. The Morgan fingerprint density at radius 3 is 2.64 bits per heavy atom. The molecule has 14 heavy (non-hydrogen) atoms. The molecule has 1 aliphatic rings. The second-order valence-corrected chi connectivity index (χ2v) is 4.86. The lowest BCUT2D eigenvalue weighted by molar-refractivity contribution is 0.210. The van der Waals surface area contributed by atoms with E-state index in [0.717, 1.165) is 10.2 Å². The molecule has 0 amide bonds. The number of rotatable bonds is 2. The first kappa shape index (κ1) is 10.3. The number of halogens is 2. The van der Waals surface area contributed by atoms with E-state index in [1.54, 1.807) is 0 Å². The molecule has 1 fully saturated rings. The Morgan fingerprint density at radius 1 is 1.29 bits per heavy atom. The Bertz CT molecular complexity index is 321. The van der Waals surface area contributed by atoms with Crippen LogP contribution in [0.4, 0.5) is 0 Å². The van der Waals surface area contributed by atoms with Gasteiger partial charge in [-0.15, -0.1) is 0 Å². The molecule has 0 saturated heterocycles. The van der Waals surface area contributed by atoms with Gasteiger partial charge in [-0.1, -0.05) is 11.6 Å². The molecule has 0 bridgehead atoms. The summed E-state index contributed by atoms with van der Waals surface area (Å²) in [7, 11) is 0. The zero-order valence-electron chi connectivity index (χ0n) is 7.80. The van der Waals surface area contributed by atoms with E-state index in [9.17, 15) is 0 Å². The molecule has 1 saturated carbocycles. The van der Waals surface area contributed by atoms with Crippen molar-refractivity contribution in [2.24, 2.45) is 0 Å². The van der Waals surface area contributed by atoms with Gasteiger partial charge in [-0.2, -0.15) is 0 Å². The molecular weight excluding hydrogens is 263 g/mol. The van der Waals surface area contributed by atoms with Crippen molar-refractivity contribution in [3.05, 3.63) is 27.7 Å². The fraction of sp³-hybridized carbons (Fsp3) is 0.455. The summed E-state index contributed by atoms with van der Waals surface area (Å²) in [5, 5.41) is 0.709. The van der Waals surface area contributed by atoms with E-state index in [2.05, 4.69) is 15.9 Å². The van der Waals surface area contributed by atoms with Crippen LogP contribution in [0.2, 0.25) is 5.02 Å². The van der Waals surface area contributed by atoms with Crippen LogP contribution in [0.5, 0.6) is 5.75 Å². The van der Waals surface area contributed by atoms with Crippen LogP contribution in [-0.2, 0) is 0 Å². The van der Waals surface area contributed by atoms with Crippen LogP contribution in [-0.4, -0.2) is 6.10 Å². The lowest BCUT2D eigenvalue weighted by atomic mass is 10.3. The number of ether oxygens (including phenoxy) is 1. The molecule has 0 atom stereocenters. The van der Waals surface area contributed by atoms with Crippen LogP contribution in [0.3, 0.4) is 0 Å². The van der Waals surface area contributed by atoms with Crippen LogP contribution >= 0.6 is 27.5 Å². The average molecular weight is 276 g/mol. The molecule has 0 heterocycles. The average Bonchev–Trinajstić information content (AvgIpc) is 2.64. The van der Waals surface area contributed by atoms with Gasteiger partial charge in [0.1, 0.15) is 5.75 Å². The minimum Gasteiger partial charge on any atom is -0.490 e. The van der Waals surface area contributed by atoms with E-state index in [1.807, 2.05) is 18.2 Å². The van der Waals surface area contributed by atoms with E-state index >= 15 is 0 Å². The Morgan fingerprint density at radius 2 is 2.00 bits per heavy atom. The van der Waals surface area contributed by atoms with Crippen molar-refractivity contribution in [1.82, 2.24) is 0 Å². The monoisotopic (exact) mass is 274 g/mol. The van der Waals surface area contributed by atoms with Crippen LogP contribution in [0, 0.1) is 0 Å². The van der Waals surface area contributed by atoms with Crippen LogP contribution in [0.25, 0.3) is 0 Å². The topological polar surface area (TPSA) is 9.23 Å². The number of benzene rings is 1. The van der Waals surface area contributed by atoms with Gasteiger partial charge in [-0.05, 0) is 59.8 Å². The maximum atomic E-state index is 5.97. The molecule has 0 radical (unpaired) electrons. The summed E-state index contributed by atoms with van der Waals surface area (Å²) in [6, 6.07) is 5.74. The Balaban J connectivity index is 2.05. The molecule has 0 unspecified atom stereocenters. The van der Waals surface area contributed by atoms with Crippen molar-refractivity contribution in [2.45, 2.75) is 31.8 Å². The number of hydrogen-bond donors (Lipinski definition) is 0. The van der Waals surface area contributed by atoms with Crippen LogP contribution < -0.4 is 4.74 Å². The highest BCUT2D eigenvalue weighted by molar-refractivity contribution is 9.10. The molecule has 1 aromatic carbocycles. The summed E-state index contributed by atoms with van der Waals surface area (Å²) in [6.07, 6.45) is 5.32. The summed E-state index contributed by atoms with van der Waals surface area (Å²) in [6.45, 7) is 0. The first-order valence-corrected chi connectivity index (χ1v) is 6.04. The van der Waals surface area contributed by atoms with Gasteiger partial charge in [-0.25, -0.2) is 0 Å². The van der Waals surface area contributed by atoms with Gasteiger partial charge in [-0.3, -0.25) is 0 Å². The molecule has 1 aliphatic carbocycles. The number of hydrogen-bond acceptors (Lipinski definition) is 1. The Labute approximate surface area is 97.5 Å². The molecule has 3 heteroatoms. The van der Waals surface area contributed by atoms with Gasteiger partial charge in [0.05, 0.1) is 11.1 Å². The van der Waals surface area contributed by atoms with Gasteiger partial charge in [0.25, 0.3) is 0 Å². The van der Waals surface area contributed by atoms with Crippen molar-refractivity contribution in [1.29, 1.82) is 0 Å². The third-order valence-electron chi connectivity index (χ3n) is 2.50. The normalized spacial score (nSPS) is 17.3. The van der Waals surface area contributed by atoms with Crippen molar-refractivity contribution in [2.75, 3.05) is 0 Å². The molecule has 0 N–H and O–H groups in total. The zero-order valence-corrected chi connectivity index (χ0v) is 10.1. The SMILES string of the molecule is Clc1cc(OC2CCCC2)ccc1Br. The highest BCUT2D eigenvalue weighted by atomic mass is 79.9. The lowest BCUT2D eigenvalue weighted by Crippen LogP contribution is -2.10. The van der Waals surface area contributed by atoms with Gasteiger partial charge in [0.15, 0.2) is 0 Å². The summed E-state index contributed by atoms with van der Waals surface area (Å²) in [5.41, 5.74) is 0. The maximum absolute atomic E-state index is 5.97. The molecule has 2 rings (SSSR count). The minimum atomic E-state index is 0.396. The van der Waals surface area contributed by atoms with Gasteiger partial charge < -0.3 is 4.74 Å². The van der Waals surface area contributed by atoms with Crippen molar-refractivity contribution in [3.8, 4) is 5.75 Å². The molecular formula is C11H12BrClO. The van der Waals surface area contributed by atoms with Crippen LogP contribution in [0.1, 0.15) is 25.7 Å². The van der Waals surface area contributed by atoms with E-state index in [4.69, 9.17) is 16.3 Å². The van der Waals surface area contributed by atoms with E-state index in [-0.39, 0.29) is 0 Å². The second kappa shape index (κ2) is 4.54. The van der Waals surface area contributed by atoms with Gasteiger partial charge in [0.2, 0.25) is 0 Å².